The molecule has 1 saturated carbocycles. The van der Waals surface area contributed by atoms with Crippen LogP contribution < -0.4 is 10.6 Å². The van der Waals surface area contributed by atoms with Gasteiger partial charge in [0, 0.05) is 24.6 Å². The number of hydrogen-bond acceptors (Lipinski definition) is 4. The molecule has 4 heteroatoms. The average molecular weight is 276 g/mol. The molecule has 20 heavy (non-hydrogen) atoms. The lowest BCUT2D eigenvalue weighted by Crippen LogP contribution is -2.19. The summed E-state index contributed by atoms with van der Waals surface area (Å²) in [6.07, 6.45) is 1.30. The van der Waals surface area contributed by atoms with Crippen LogP contribution in [0.4, 0.5) is 11.6 Å². The van der Waals surface area contributed by atoms with Crippen molar-refractivity contribution in [2.24, 2.45) is 11.3 Å². The van der Waals surface area contributed by atoms with Gasteiger partial charge in [0.1, 0.15) is 17.5 Å². The van der Waals surface area contributed by atoms with E-state index in [1.165, 1.54) is 6.42 Å². The van der Waals surface area contributed by atoms with Crippen LogP contribution in [0.2, 0.25) is 0 Å². The SMILES string of the molecule is CCNc1cc(NCC2CC2(C)C)nc(C(C)(C)C)n1. The summed E-state index contributed by atoms with van der Waals surface area (Å²) >= 11 is 0. The number of aromatic nitrogens is 2. The molecule has 0 bridgehead atoms. The van der Waals surface area contributed by atoms with Crippen LogP contribution in [-0.4, -0.2) is 23.1 Å². The van der Waals surface area contributed by atoms with Crippen LogP contribution in [0, 0.1) is 11.3 Å². The second-order valence-corrected chi connectivity index (χ2v) is 7.51. The van der Waals surface area contributed by atoms with E-state index < -0.39 is 0 Å². The lowest BCUT2D eigenvalue weighted by Gasteiger charge is -2.19. The van der Waals surface area contributed by atoms with Gasteiger partial charge in [-0.25, -0.2) is 9.97 Å². The number of nitrogens with one attached hydrogen (secondary N) is 2. The topological polar surface area (TPSA) is 49.8 Å². The van der Waals surface area contributed by atoms with E-state index in [0.29, 0.717) is 5.41 Å². The second-order valence-electron chi connectivity index (χ2n) is 7.51. The molecule has 1 fully saturated rings. The molecule has 1 aliphatic carbocycles. The predicted octanol–water partition coefficient (Wildman–Crippen LogP) is 3.66. The maximum absolute atomic E-state index is 4.67. The maximum Gasteiger partial charge on any atom is 0.138 e. The molecule has 112 valence electrons. The highest BCUT2D eigenvalue weighted by atomic mass is 15.1. The van der Waals surface area contributed by atoms with Crippen LogP contribution in [0.25, 0.3) is 0 Å². The smallest absolute Gasteiger partial charge is 0.138 e. The Morgan fingerprint density at radius 1 is 1.20 bits per heavy atom. The van der Waals surface area contributed by atoms with Crippen LogP contribution in [0.3, 0.4) is 0 Å². The van der Waals surface area contributed by atoms with Crippen molar-refractivity contribution in [3.63, 3.8) is 0 Å². The Morgan fingerprint density at radius 3 is 2.20 bits per heavy atom. The minimum Gasteiger partial charge on any atom is -0.370 e. The first-order chi connectivity index (χ1) is 9.22. The van der Waals surface area contributed by atoms with Crippen molar-refractivity contribution >= 4 is 11.6 Å². The fraction of sp³-hybridized carbons (Fsp3) is 0.750. The molecule has 1 atom stereocenters. The Hall–Kier alpha value is -1.32. The molecule has 2 N–H and O–H groups in total. The summed E-state index contributed by atoms with van der Waals surface area (Å²) in [4.78, 5) is 9.28. The first kappa shape index (κ1) is 15.1. The van der Waals surface area contributed by atoms with Crippen LogP contribution in [0.1, 0.15) is 53.8 Å². The van der Waals surface area contributed by atoms with E-state index in [1.54, 1.807) is 0 Å². The van der Waals surface area contributed by atoms with Gasteiger partial charge in [-0.1, -0.05) is 34.6 Å². The Bertz CT molecular complexity index is 474. The largest absolute Gasteiger partial charge is 0.370 e. The minimum absolute atomic E-state index is 0.0410. The Kier molecular flexibility index (Phi) is 3.94. The zero-order chi connectivity index (χ0) is 15.0. The van der Waals surface area contributed by atoms with E-state index >= 15 is 0 Å². The molecular weight excluding hydrogens is 248 g/mol. The summed E-state index contributed by atoms with van der Waals surface area (Å²) in [5.41, 5.74) is 0.456. The third kappa shape index (κ3) is 3.62. The fourth-order valence-corrected chi connectivity index (χ4v) is 2.30. The Morgan fingerprint density at radius 2 is 1.75 bits per heavy atom. The highest BCUT2D eigenvalue weighted by Gasteiger charge is 2.45. The normalized spacial score (nSPS) is 20.6. The summed E-state index contributed by atoms with van der Waals surface area (Å²) < 4.78 is 0. The molecule has 1 aliphatic rings. The first-order valence-electron chi connectivity index (χ1n) is 7.59. The number of hydrogen-bond donors (Lipinski definition) is 2. The summed E-state index contributed by atoms with van der Waals surface area (Å²) in [6.45, 7) is 15.0. The highest BCUT2D eigenvalue weighted by Crippen LogP contribution is 2.51. The molecule has 0 amide bonds. The van der Waals surface area contributed by atoms with Crippen molar-refractivity contribution in [1.29, 1.82) is 0 Å². The average Bonchev–Trinajstić information content (AvgIpc) is 2.94. The monoisotopic (exact) mass is 276 g/mol. The molecule has 0 radical (unpaired) electrons. The van der Waals surface area contributed by atoms with Crippen molar-refractivity contribution in [2.75, 3.05) is 23.7 Å². The molecule has 1 aromatic heterocycles. The van der Waals surface area contributed by atoms with Crippen molar-refractivity contribution in [2.45, 2.75) is 53.4 Å². The Balaban J connectivity index is 2.12. The van der Waals surface area contributed by atoms with E-state index in [9.17, 15) is 0 Å². The van der Waals surface area contributed by atoms with Crippen LogP contribution >= 0.6 is 0 Å². The molecule has 4 nitrogen and oxygen atoms in total. The van der Waals surface area contributed by atoms with Crippen molar-refractivity contribution < 1.29 is 0 Å². The first-order valence-corrected chi connectivity index (χ1v) is 7.59. The molecule has 0 saturated heterocycles. The molecule has 0 aromatic carbocycles. The Labute approximate surface area is 122 Å². The summed E-state index contributed by atoms with van der Waals surface area (Å²) in [5.74, 6) is 3.49. The molecule has 1 unspecified atom stereocenters. The van der Waals surface area contributed by atoms with Crippen LogP contribution in [0.5, 0.6) is 0 Å². The third-order valence-electron chi connectivity index (χ3n) is 4.00. The zero-order valence-corrected chi connectivity index (χ0v) is 13.7. The van der Waals surface area contributed by atoms with Gasteiger partial charge in [0.15, 0.2) is 0 Å². The van der Waals surface area contributed by atoms with E-state index in [-0.39, 0.29) is 5.41 Å². The second kappa shape index (κ2) is 5.23. The molecule has 1 aromatic rings. The maximum atomic E-state index is 4.67. The highest BCUT2D eigenvalue weighted by molar-refractivity contribution is 5.48. The van der Waals surface area contributed by atoms with E-state index in [4.69, 9.17) is 0 Å². The molecule has 2 rings (SSSR count). The number of rotatable bonds is 5. The van der Waals surface area contributed by atoms with E-state index in [2.05, 4.69) is 62.1 Å². The van der Waals surface area contributed by atoms with Gasteiger partial charge in [0.25, 0.3) is 0 Å². The van der Waals surface area contributed by atoms with Crippen molar-refractivity contribution in [3.8, 4) is 0 Å². The van der Waals surface area contributed by atoms with Crippen molar-refractivity contribution in [1.82, 2.24) is 9.97 Å². The summed E-state index contributed by atoms with van der Waals surface area (Å²) in [7, 11) is 0. The lowest BCUT2D eigenvalue weighted by molar-refractivity contribution is 0.545. The molecular formula is C16H28N4. The van der Waals surface area contributed by atoms with Gasteiger partial charge in [0.2, 0.25) is 0 Å². The molecule has 0 aliphatic heterocycles. The van der Waals surface area contributed by atoms with E-state index in [1.807, 2.05) is 6.07 Å². The lowest BCUT2D eigenvalue weighted by atomic mass is 9.96. The number of nitrogens with zero attached hydrogens (tertiary/aromatic N) is 2. The molecule has 0 spiro atoms. The van der Waals surface area contributed by atoms with Crippen LogP contribution in [0.15, 0.2) is 6.07 Å². The fourth-order valence-electron chi connectivity index (χ4n) is 2.30. The number of anilines is 2. The van der Waals surface area contributed by atoms with Gasteiger partial charge < -0.3 is 10.6 Å². The summed E-state index contributed by atoms with van der Waals surface area (Å²) in [6, 6.07) is 2.01. The van der Waals surface area contributed by atoms with Gasteiger partial charge >= 0.3 is 0 Å². The van der Waals surface area contributed by atoms with Gasteiger partial charge in [0.05, 0.1) is 0 Å². The predicted molar refractivity (Wildman–Crippen MR) is 85.3 cm³/mol. The zero-order valence-electron chi connectivity index (χ0n) is 13.7. The molecule has 1 heterocycles. The quantitative estimate of drug-likeness (QED) is 0.861. The van der Waals surface area contributed by atoms with Crippen LogP contribution in [-0.2, 0) is 5.41 Å². The van der Waals surface area contributed by atoms with Gasteiger partial charge in [-0.15, -0.1) is 0 Å². The van der Waals surface area contributed by atoms with Crippen molar-refractivity contribution in [3.05, 3.63) is 11.9 Å². The third-order valence-corrected chi connectivity index (χ3v) is 4.00. The van der Waals surface area contributed by atoms with E-state index in [0.717, 1.165) is 36.5 Å². The van der Waals surface area contributed by atoms with Gasteiger partial charge in [-0.3, -0.25) is 0 Å². The van der Waals surface area contributed by atoms with Gasteiger partial charge in [-0.2, -0.15) is 0 Å². The summed E-state index contributed by atoms with van der Waals surface area (Å²) in [5, 5.41) is 6.77. The van der Waals surface area contributed by atoms with Gasteiger partial charge in [-0.05, 0) is 24.7 Å². The minimum atomic E-state index is -0.0410. The standard InChI is InChI=1S/C16H28N4/c1-7-17-12-8-13(18-10-11-9-16(11,5)6)20-14(19-12)15(2,3)4/h8,11H,7,9-10H2,1-6H3,(H2,17,18,19,20).